The molecule has 0 spiro atoms. The summed E-state index contributed by atoms with van der Waals surface area (Å²) in [5.41, 5.74) is -5.13. The van der Waals surface area contributed by atoms with E-state index in [4.69, 9.17) is 0 Å². The van der Waals surface area contributed by atoms with Crippen LogP contribution in [-0.4, -0.2) is 40.6 Å². The molecule has 39 heavy (non-hydrogen) atoms. The van der Waals surface area contributed by atoms with E-state index in [9.17, 15) is 45.4 Å². The first kappa shape index (κ1) is 28.8. The molecule has 2 aliphatic rings. The summed E-state index contributed by atoms with van der Waals surface area (Å²) in [7, 11) is 0. The minimum absolute atomic E-state index is 0.0883. The van der Waals surface area contributed by atoms with Crippen molar-refractivity contribution in [2.75, 3.05) is 6.54 Å². The highest BCUT2D eigenvalue weighted by atomic mass is 19.4. The van der Waals surface area contributed by atoms with E-state index < -0.39 is 58.8 Å². The summed E-state index contributed by atoms with van der Waals surface area (Å²) in [5, 5.41) is 12.7. The second-order valence-corrected chi connectivity index (χ2v) is 10.2. The molecule has 0 aromatic heterocycles. The number of hydrogen-bond acceptors (Lipinski definition) is 3. The molecule has 5 nitrogen and oxygen atoms in total. The van der Waals surface area contributed by atoms with Gasteiger partial charge in [-0.3, -0.25) is 9.59 Å². The predicted molar refractivity (Wildman–Crippen MR) is 126 cm³/mol. The number of nitrogens with one attached hydrogen (secondary N) is 1. The molecule has 2 fully saturated rings. The van der Waals surface area contributed by atoms with Gasteiger partial charge in [0.05, 0.1) is 11.6 Å². The number of carbonyl (C=O) groups excluding carboxylic acids is 2. The molecule has 1 saturated heterocycles. The van der Waals surface area contributed by atoms with Crippen molar-refractivity contribution in [1.82, 2.24) is 10.2 Å². The normalized spacial score (nSPS) is 20.7. The van der Waals surface area contributed by atoms with Gasteiger partial charge in [0.1, 0.15) is 11.9 Å². The van der Waals surface area contributed by atoms with Crippen LogP contribution in [0.3, 0.4) is 0 Å². The zero-order chi connectivity index (χ0) is 28.8. The van der Waals surface area contributed by atoms with Crippen molar-refractivity contribution in [3.8, 4) is 0 Å². The number of aliphatic hydroxyl groups is 1. The molecule has 0 unspecified atom stereocenters. The third-order valence-electron chi connectivity index (χ3n) is 7.34. The molecule has 2 N–H and O–H groups in total. The number of nitrogens with zero attached hydrogens (tertiary/aromatic N) is 1. The molecule has 2 aromatic rings. The Morgan fingerprint density at radius 1 is 0.974 bits per heavy atom. The number of amides is 2. The Morgan fingerprint density at radius 3 is 2.26 bits per heavy atom. The lowest BCUT2D eigenvalue weighted by atomic mass is 9.93. The molecule has 1 aliphatic carbocycles. The number of likely N-dealkylation sites (tertiary alicyclic amines) is 1. The topological polar surface area (TPSA) is 69.6 Å². The van der Waals surface area contributed by atoms with Crippen LogP contribution < -0.4 is 5.32 Å². The van der Waals surface area contributed by atoms with E-state index in [1.807, 2.05) is 0 Å². The molecule has 1 aliphatic heterocycles. The van der Waals surface area contributed by atoms with Crippen molar-refractivity contribution in [3.63, 3.8) is 0 Å². The molecule has 0 bridgehead atoms. The molecule has 0 radical (unpaired) electrons. The first-order chi connectivity index (χ1) is 18.1. The van der Waals surface area contributed by atoms with Crippen LogP contribution in [0.4, 0.5) is 30.7 Å². The SMILES string of the molecule is C[C@](O)(c1cccc(C(=O)N2CCCC[C@@H]2C(=O)N[C@@H](c2ccc(C(F)(F)F)cc2F)C2CC2)c1)C(F)(F)F. The minimum atomic E-state index is -4.99. The third-order valence-corrected chi connectivity index (χ3v) is 7.34. The van der Waals surface area contributed by atoms with Gasteiger partial charge in [0, 0.05) is 17.7 Å². The summed E-state index contributed by atoms with van der Waals surface area (Å²) < 4.78 is 93.7. The molecule has 212 valence electrons. The van der Waals surface area contributed by atoms with E-state index in [1.54, 1.807) is 0 Å². The van der Waals surface area contributed by atoms with Gasteiger partial charge in [0.2, 0.25) is 5.91 Å². The minimum Gasteiger partial charge on any atom is -0.376 e. The first-order valence-electron chi connectivity index (χ1n) is 12.5. The average Bonchev–Trinajstić information content (AvgIpc) is 3.71. The molecular weight excluding hydrogens is 533 g/mol. The zero-order valence-electron chi connectivity index (χ0n) is 20.9. The number of rotatable bonds is 6. The Kier molecular flexibility index (Phi) is 7.72. The van der Waals surface area contributed by atoms with Crippen molar-refractivity contribution < 1.29 is 45.4 Å². The lowest BCUT2D eigenvalue weighted by Gasteiger charge is -2.36. The molecule has 1 saturated carbocycles. The smallest absolute Gasteiger partial charge is 0.376 e. The number of alkyl halides is 6. The van der Waals surface area contributed by atoms with Crippen LogP contribution in [0.2, 0.25) is 0 Å². The van der Waals surface area contributed by atoms with Crippen LogP contribution in [0.25, 0.3) is 0 Å². The maximum Gasteiger partial charge on any atom is 0.421 e. The van der Waals surface area contributed by atoms with Crippen LogP contribution in [0.15, 0.2) is 42.5 Å². The van der Waals surface area contributed by atoms with E-state index in [2.05, 4.69) is 5.32 Å². The molecule has 12 heteroatoms. The van der Waals surface area contributed by atoms with Gasteiger partial charge in [-0.2, -0.15) is 26.3 Å². The largest absolute Gasteiger partial charge is 0.421 e. The van der Waals surface area contributed by atoms with Crippen molar-refractivity contribution in [2.24, 2.45) is 5.92 Å². The Balaban J connectivity index is 1.56. The summed E-state index contributed by atoms with van der Waals surface area (Å²) in [6.07, 6.45) is -7.11. The quantitative estimate of drug-likeness (QED) is 0.434. The van der Waals surface area contributed by atoms with Gasteiger partial charge in [0.25, 0.3) is 5.91 Å². The predicted octanol–water partition coefficient (Wildman–Crippen LogP) is 5.88. The number of carbonyl (C=O) groups is 2. The number of benzene rings is 2. The lowest BCUT2D eigenvalue weighted by molar-refractivity contribution is -0.258. The summed E-state index contributed by atoms with van der Waals surface area (Å²) >= 11 is 0. The van der Waals surface area contributed by atoms with E-state index in [0.29, 0.717) is 38.7 Å². The lowest BCUT2D eigenvalue weighted by Crippen LogP contribution is -2.52. The third kappa shape index (κ3) is 6.05. The van der Waals surface area contributed by atoms with E-state index in [0.717, 1.165) is 24.3 Å². The highest BCUT2D eigenvalue weighted by Crippen LogP contribution is 2.43. The van der Waals surface area contributed by atoms with E-state index >= 15 is 0 Å². The van der Waals surface area contributed by atoms with Gasteiger partial charge in [-0.25, -0.2) is 4.39 Å². The number of piperidine rings is 1. The summed E-state index contributed by atoms with van der Waals surface area (Å²) in [6.45, 7) is 0.714. The fraction of sp³-hybridized carbons (Fsp3) is 0.481. The van der Waals surface area contributed by atoms with Crippen molar-refractivity contribution in [2.45, 2.75) is 69.1 Å². The van der Waals surface area contributed by atoms with Gasteiger partial charge in [-0.15, -0.1) is 0 Å². The van der Waals surface area contributed by atoms with Crippen molar-refractivity contribution in [1.29, 1.82) is 0 Å². The molecular formula is C27H27F7N2O3. The van der Waals surface area contributed by atoms with Crippen LogP contribution >= 0.6 is 0 Å². The van der Waals surface area contributed by atoms with Crippen molar-refractivity contribution in [3.05, 3.63) is 70.5 Å². The van der Waals surface area contributed by atoms with E-state index in [-0.39, 0.29) is 30.0 Å². The van der Waals surface area contributed by atoms with Gasteiger partial charge in [-0.1, -0.05) is 18.2 Å². The zero-order valence-corrected chi connectivity index (χ0v) is 20.9. The van der Waals surface area contributed by atoms with Gasteiger partial charge in [0.15, 0.2) is 5.60 Å². The fourth-order valence-corrected chi connectivity index (χ4v) is 4.82. The Bertz CT molecular complexity index is 1240. The van der Waals surface area contributed by atoms with Crippen LogP contribution in [-0.2, 0) is 16.6 Å². The average molecular weight is 561 g/mol. The summed E-state index contributed by atoms with van der Waals surface area (Å²) in [4.78, 5) is 27.9. The molecule has 2 aromatic carbocycles. The Hall–Kier alpha value is -3.15. The maximum atomic E-state index is 14.7. The first-order valence-corrected chi connectivity index (χ1v) is 12.5. The maximum absolute atomic E-state index is 14.7. The van der Waals surface area contributed by atoms with Crippen LogP contribution in [0.1, 0.15) is 72.1 Å². The second-order valence-electron chi connectivity index (χ2n) is 10.2. The summed E-state index contributed by atoms with van der Waals surface area (Å²) in [5.74, 6) is -2.63. The van der Waals surface area contributed by atoms with Crippen LogP contribution in [0, 0.1) is 11.7 Å². The van der Waals surface area contributed by atoms with Crippen molar-refractivity contribution >= 4 is 11.8 Å². The Morgan fingerprint density at radius 2 is 1.67 bits per heavy atom. The van der Waals surface area contributed by atoms with Gasteiger partial charge in [-0.05, 0) is 74.8 Å². The summed E-state index contributed by atoms with van der Waals surface area (Å²) in [6, 6.07) is 4.69. The fourth-order valence-electron chi connectivity index (χ4n) is 4.82. The number of halogens is 7. The standard InChI is InChI=1S/C27H27F7N2O3/c1-25(39,27(32,33)34)17-6-4-5-16(13-17)24(38)36-12-3-2-7-21(36)23(37)35-22(15-8-9-15)19-11-10-18(14-20(19)28)26(29,30)31/h4-6,10-11,13-15,21-22,39H,2-3,7-9,12H2,1H3,(H,35,37)/t21-,22-,25+/m1/s1. The highest BCUT2D eigenvalue weighted by molar-refractivity contribution is 5.98. The monoisotopic (exact) mass is 560 g/mol. The molecule has 3 atom stereocenters. The van der Waals surface area contributed by atoms with Gasteiger partial charge >= 0.3 is 12.4 Å². The van der Waals surface area contributed by atoms with Crippen LogP contribution in [0.5, 0.6) is 0 Å². The molecule has 2 amide bonds. The molecule has 1 heterocycles. The van der Waals surface area contributed by atoms with E-state index in [1.165, 1.54) is 17.0 Å². The molecule has 4 rings (SSSR count). The number of hydrogen-bond donors (Lipinski definition) is 2. The highest BCUT2D eigenvalue weighted by Gasteiger charge is 2.51. The van der Waals surface area contributed by atoms with Gasteiger partial charge < -0.3 is 15.3 Å². The second kappa shape index (κ2) is 10.4. The Labute approximate surface area is 220 Å².